The molecule has 0 radical (unpaired) electrons. The predicted molar refractivity (Wildman–Crippen MR) is 132 cm³/mol. The Morgan fingerprint density at radius 1 is 1.21 bits per heavy atom. The minimum absolute atomic E-state index is 0.00411. The summed E-state index contributed by atoms with van der Waals surface area (Å²) in [5.74, 6) is 1.57. The summed E-state index contributed by atoms with van der Waals surface area (Å²) < 4.78 is 11.6. The number of oxazole rings is 1. The maximum absolute atomic E-state index is 9.26. The van der Waals surface area contributed by atoms with Crippen molar-refractivity contribution in [1.29, 1.82) is 0 Å². The van der Waals surface area contributed by atoms with Crippen LogP contribution in [0.4, 0.5) is 0 Å². The largest absolute Gasteiger partial charge is 0.492 e. The quantitative estimate of drug-likeness (QED) is 0.328. The van der Waals surface area contributed by atoms with Crippen molar-refractivity contribution in [2.75, 3.05) is 13.3 Å². The number of hydrogen-bond donors (Lipinski definition) is 2. The predicted octanol–water partition coefficient (Wildman–Crippen LogP) is 5.52. The van der Waals surface area contributed by atoms with Crippen LogP contribution < -0.4 is 5.73 Å². The van der Waals surface area contributed by atoms with Gasteiger partial charge < -0.3 is 24.9 Å². The van der Waals surface area contributed by atoms with E-state index in [0.29, 0.717) is 12.5 Å². The minimum atomic E-state index is -0.00411. The Labute approximate surface area is 196 Å². The van der Waals surface area contributed by atoms with Crippen LogP contribution in [0, 0.1) is 6.92 Å². The molecule has 1 aliphatic carbocycles. The topological polar surface area (TPSA) is 84.8 Å². The highest BCUT2D eigenvalue weighted by Gasteiger charge is 2.08. The van der Waals surface area contributed by atoms with Crippen molar-refractivity contribution in [2.45, 2.75) is 52.1 Å². The Kier molecular flexibility index (Phi) is 9.86. The highest BCUT2D eigenvalue weighted by Crippen LogP contribution is 2.23. The molecule has 0 saturated heterocycles. The second kappa shape index (κ2) is 13.3. The normalized spacial score (nSPS) is 14.4. The molecular formula is C27H35N3O3. The first kappa shape index (κ1) is 24.4. The molecule has 6 nitrogen and oxygen atoms in total. The van der Waals surface area contributed by atoms with E-state index in [1.54, 1.807) is 17.4 Å². The van der Waals surface area contributed by atoms with Crippen molar-refractivity contribution in [1.82, 2.24) is 9.88 Å². The number of nitrogens with two attached hydrogens (primary N) is 1. The molecule has 0 fully saturated rings. The summed E-state index contributed by atoms with van der Waals surface area (Å²) in [6.07, 6.45) is 19.3. The van der Waals surface area contributed by atoms with Crippen LogP contribution in [0.15, 0.2) is 70.8 Å². The van der Waals surface area contributed by atoms with Gasteiger partial charge in [0, 0.05) is 31.4 Å². The average Bonchev–Trinajstić information content (AvgIpc) is 3.16. The number of aliphatic hydroxyl groups is 1. The van der Waals surface area contributed by atoms with Gasteiger partial charge >= 0.3 is 0 Å². The van der Waals surface area contributed by atoms with Gasteiger partial charge in [0.2, 0.25) is 5.89 Å². The van der Waals surface area contributed by atoms with E-state index in [4.69, 9.17) is 14.9 Å². The number of aliphatic hydroxyl groups excluding tert-OH is 1. The van der Waals surface area contributed by atoms with Crippen molar-refractivity contribution in [3.05, 3.63) is 89.1 Å². The number of nitrogens with zero attached hydrogens (tertiary/aromatic N) is 2. The number of allylic oxidation sites excluding steroid dienone is 4. The minimum Gasteiger partial charge on any atom is -0.492 e. The molecule has 33 heavy (non-hydrogen) atoms. The third-order valence-electron chi connectivity index (χ3n) is 5.53. The molecule has 6 heteroatoms. The van der Waals surface area contributed by atoms with E-state index in [-0.39, 0.29) is 6.73 Å². The summed E-state index contributed by atoms with van der Waals surface area (Å²) in [5, 5.41) is 9.26. The van der Waals surface area contributed by atoms with Gasteiger partial charge in [0.1, 0.15) is 25.3 Å². The maximum atomic E-state index is 9.26. The Morgan fingerprint density at radius 2 is 2.12 bits per heavy atom. The van der Waals surface area contributed by atoms with Gasteiger partial charge in [0.15, 0.2) is 0 Å². The number of unbranched alkanes of at least 4 members (excludes halogenated alkanes) is 1. The van der Waals surface area contributed by atoms with Crippen LogP contribution >= 0.6 is 0 Å². The van der Waals surface area contributed by atoms with Gasteiger partial charge in [-0.25, -0.2) is 4.98 Å². The molecule has 0 spiro atoms. The van der Waals surface area contributed by atoms with Crippen LogP contribution in [0.1, 0.15) is 61.2 Å². The third-order valence-corrected chi connectivity index (χ3v) is 5.53. The molecule has 3 N–H and O–H groups in total. The highest BCUT2D eigenvalue weighted by molar-refractivity contribution is 5.66. The van der Waals surface area contributed by atoms with E-state index in [1.807, 2.05) is 18.2 Å². The van der Waals surface area contributed by atoms with Crippen LogP contribution in [-0.4, -0.2) is 28.3 Å². The Balaban J connectivity index is 1.43. The van der Waals surface area contributed by atoms with E-state index < -0.39 is 0 Å². The summed E-state index contributed by atoms with van der Waals surface area (Å²) in [6.45, 7) is 3.28. The first-order valence-corrected chi connectivity index (χ1v) is 11.6. The van der Waals surface area contributed by atoms with E-state index in [2.05, 4.69) is 42.3 Å². The van der Waals surface area contributed by atoms with Crippen molar-refractivity contribution in [3.63, 3.8) is 0 Å². The van der Waals surface area contributed by atoms with Crippen LogP contribution in [-0.2, 0) is 11.3 Å². The van der Waals surface area contributed by atoms with Gasteiger partial charge in [0.05, 0.1) is 5.76 Å². The highest BCUT2D eigenvalue weighted by atomic mass is 16.5. The van der Waals surface area contributed by atoms with Crippen LogP contribution in [0.2, 0.25) is 0 Å². The zero-order chi connectivity index (χ0) is 23.3. The summed E-state index contributed by atoms with van der Waals surface area (Å²) >= 11 is 0. The van der Waals surface area contributed by atoms with Gasteiger partial charge in [-0.2, -0.15) is 0 Å². The molecule has 0 atom stereocenters. The van der Waals surface area contributed by atoms with Crippen LogP contribution in [0.3, 0.4) is 0 Å². The number of rotatable bonds is 12. The fourth-order valence-electron chi connectivity index (χ4n) is 3.75. The summed E-state index contributed by atoms with van der Waals surface area (Å²) in [4.78, 5) is 6.31. The molecule has 1 aromatic carbocycles. The molecule has 176 valence electrons. The zero-order valence-electron chi connectivity index (χ0n) is 19.5. The molecule has 0 saturated carbocycles. The van der Waals surface area contributed by atoms with E-state index >= 15 is 0 Å². The van der Waals surface area contributed by atoms with Gasteiger partial charge in [-0.3, -0.25) is 0 Å². The number of aryl methyl sites for hydroxylation is 1. The summed E-state index contributed by atoms with van der Waals surface area (Å²) in [7, 11) is 0. The lowest BCUT2D eigenvalue weighted by Crippen LogP contribution is -2.20. The van der Waals surface area contributed by atoms with Crippen molar-refractivity contribution in [3.8, 4) is 0 Å². The number of ether oxygens (including phenoxy) is 1. The smallest absolute Gasteiger partial charge is 0.218 e. The molecule has 3 rings (SSSR count). The number of benzene rings is 1. The lowest BCUT2D eigenvalue weighted by molar-refractivity contribution is 0.149. The van der Waals surface area contributed by atoms with Crippen LogP contribution in [0.5, 0.6) is 0 Å². The molecule has 0 aliphatic heterocycles. The first-order chi connectivity index (χ1) is 16.2. The second-order valence-electron chi connectivity index (χ2n) is 8.28. The molecule has 2 aromatic rings. The number of hydrogen-bond acceptors (Lipinski definition) is 6. The molecule has 1 aliphatic rings. The van der Waals surface area contributed by atoms with E-state index in [1.165, 1.54) is 17.3 Å². The van der Waals surface area contributed by atoms with Crippen molar-refractivity contribution in [2.24, 2.45) is 5.73 Å². The standard InChI is InChI=1S/C27H35N3O3/c1-22-6-4-9-24(18-22)12-14-27-29-25(20-33-27)19-32-26-10-5-8-23(11-13-26)7-2-3-16-30(21-31)17-15-28/h4,6,9,11-15,17-18,20,31H,2-3,5,7-8,10,16,19,21,28H2,1H3/b14-12+,17-15-. The first-order valence-electron chi connectivity index (χ1n) is 11.6. The third kappa shape index (κ3) is 8.66. The molecular weight excluding hydrogens is 414 g/mol. The Hall–Kier alpha value is -3.25. The van der Waals surface area contributed by atoms with Gasteiger partial charge in [-0.05, 0) is 56.7 Å². The molecule has 1 heterocycles. The molecule has 0 bridgehead atoms. The SMILES string of the molecule is Cc1cccc(/C=C/c2nc(COC3=CC=C(CCCCN(/C=C\N)CO)CCC3)co2)c1. The van der Waals surface area contributed by atoms with Crippen LogP contribution in [0.25, 0.3) is 12.2 Å². The Bertz CT molecular complexity index is 988. The monoisotopic (exact) mass is 449 g/mol. The van der Waals surface area contributed by atoms with Crippen molar-refractivity contribution < 1.29 is 14.3 Å². The maximum Gasteiger partial charge on any atom is 0.218 e. The van der Waals surface area contributed by atoms with Crippen molar-refractivity contribution >= 4 is 12.2 Å². The molecule has 0 unspecified atom stereocenters. The lowest BCUT2D eigenvalue weighted by atomic mass is 10.0. The molecule has 1 aromatic heterocycles. The summed E-state index contributed by atoms with van der Waals surface area (Å²) in [5.41, 5.74) is 9.96. The van der Waals surface area contributed by atoms with E-state index in [9.17, 15) is 5.11 Å². The average molecular weight is 450 g/mol. The molecule has 0 amide bonds. The lowest BCUT2D eigenvalue weighted by Gasteiger charge is -2.16. The number of aromatic nitrogens is 1. The Morgan fingerprint density at radius 3 is 2.94 bits per heavy atom. The zero-order valence-corrected chi connectivity index (χ0v) is 19.5. The van der Waals surface area contributed by atoms with E-state index in [0.717, 1.165) is 62.1 Å². The fraction of sp³-hybridized carbons (Fsp3) is 0.370. The summed E-state index contributed by atoms with van der Waals surface area (Å²) in [6, 6.07) is 8.29. The van der Waals surface area contributed by atoms with Gasteiger partial charge in [0.25, 0.3) is 0 Å². The second-order valence-corrected chi connectivity index (χ2v) is 8.28. The van der Waals surface area contributed by atoms with Gasteiger partial charge in [-0.15, -0.1) is 0 Å². The van der Waals surface area contributed by atoms with Gasteiger partial charge in [-0.1, -0.05) is 41.5 Å². The fourth-order valence-corrected chi connectivity index (χ4v) is 3.75.